The molecule has 0 atom stereocenters. The molecule has 0 spiro atoms. The molecule has 0 fully saturated rings. The molecule has 0 saturated carbocycles. The lowest BCUT2D eigenvalue weighted by molar-refractivity contribution is 0.282. The highest BCUT2D eigenvalue weighted by Crippen LogP contribution is 2.37. The van der Waals surface area contributed by atoms with E-state index in [1.807, 2.05) is 66.7 Å². The smallest absolute Gasteiger partial charge is 0.175 e. The first kappa shape index (κ1) is 19.3. The van der Waals surface area contributed by atoms with Crippen LogP contribution in [0.5, 0.6) is 11.5 Å². The Balaban J connectivity index is 1.71. The summed E-state index contributed by atoms with van der Waals surface area (Å²) in [6, 6.07) is 21.1. The van der Waals surface area contributed by atoms with E-state index < -0.39 is 0 Å². The highest BCUT2D eigenvalue weighted by Gasteiger charge is 2.11. The van der Waals surface area contributed by atoms with Crippen LogP contribution in [0.1, 0.15) is 11.1 Å². The maximum atomic E-state index is 5.94. The summed E-state index contributed by atoms with van der Waals surface area (Å²) < 4.78 is 12.2. The Labute approximate surface area is 171 Å². The number of methoxy groups -OCH3 is 1. The molecule has 0 aliphatic carbocycles. The third-order valence-corrected chi connectivity index (χ3v) is 4.57. The summed E-state index contributed by atoms with van der Waals surface area (Å²) in [5.74, 6) is 1.26. The van der Waals surface area contributed by atoms with Crippen LogP contribution in [0.3, 0.4) is 0 Å². The topological polar surface area (TPSA) is 42.8 Å². The lowest BCUT2D eigenvalue weighted by Gasteiger charge is -2.13. The van der Waals surface area contributed by atoms with E-state index in [4.69, 9.17) is 21.1 Å². The molecule has 0 saturated heterocycles. The fraction of sp³-hybridized carbons (Fsp3) is 0.0952. The Bertz CT molecular complexity index is 915. The van der Waals surface area contributed by atoms with Crippen LogP contribution in [0.25, 0.3) is 0 Å². The minimum Gasteiger partial charge on any atom is -0.493 e. The van der Waals surface area contributed by atoms with E-state index >= 15 is 0 Å². The zero-order valence-electron chi connectivity index (χ0n) is 14.7. The number of nitrogens with zero attached hydrogens (tertiary/aromatic N) is 1. The molecule has 6 heteroatoms. The number of halogens is 2. The molecule has 3 aromatic carbocycles. The third kappa shape index (κ3) is 5.49. The van der Waals surface area contributed by atoms with E-state index in [1.54, 1.807) is 13.3 Å². The molecule has 0 radical (unpaired) electrons. The van der Waals surface area contributed by atoms with Crippen molar-refractivity contribution in [2.45, 2.75) is 6.61 Å². The molecule has 0 amide bonds. The van der Waals surface area contributed by atoms with Crippen LogP contribution >= 0.6 is 27.5 Å². The maximum absolute atomic E-state index is 5.94. The van der Waals surface area contributed by atoms with Crippen LogP contribution in [0.2, 0.25) is 5.02 Å². The SMILES string of the molecule is COc1cc(/C=N/Nc2ccccc2)cc(Br)c1OCc1ccc(Cl)cc1. The van der Waals surface area contributed by atoms with E-state index in [-0.39, 0.29) is 0 Å². The van der Waals surface area contributed by atoms with Gasteiger partial charge in [0.05, 0.1) is 23.5 Å². The average molecular weight is 446 g/mol. The van der Waals surface area contributed by atoms with Crippen LogP contribution in [-0.2, 0) is 6.61 Å². The van der Waals surface area contributed by atoms with Crippen molar-refractivity contribution in [3.05, 3.63) is 87.4 Å². The maximum Gasteiger partial charge on any atom is 0.175 e. The van der Waals surface area contributed by atoms with Gasteiger partial charge < -0.3 is 9.47 Å². The lowest BCUT2D eigenvalue weighted by atomic mass is 10.2. The molecular weight excluding hydrogens is 428 g/mol. The van der Waals surface area contributed by atoms with Crippen LogP contribution in [-0.4, -0.2) is 13.3 Å². The van der Waals surface area contributed by atoms with Gasteiger partial charge in [-0.1, -0.05) is 41.9 Å². The van der Waals surface area contributed by atoms with Gasteiger partial charge in [-0.05, 0) is 63.5 Å². The van der Waals surface area contributed by atoms with Crippen molar-refractivity contribution < 1.29 is 9.47 Å². The largest absolute Gasteiger partial charge is 0.493 e. The summed E-state index contributed by atoms with van der Waals surface area (Å²) in [6.07, 6.45) is 1.73. The second-order valence-corrected chi connectivity index (χ2v) is 6.98. The van der Waals surface area contributed by atoms with Crippen molar-refractivity contribution >= 4 is 39.4 Å². The number of hydrogen-bond donors (Lipinski definition) is 1. The number of para-hydroxylation sites is 1. The first-order valence-corrected chi connectivity index (χ1v) is 9.41. The summed E-state index contributed by atoms with van der Waals surface area (Å²) in [5, 5.41) is 4.95. The van der Waals surface area contributed by atoms with E-state index in [9.17, 15) is 0 Å². The first-order chi connectivity index (χ1) is 13.2. The predicted octanol–water partition coefficient (Wildman–Crippen LogP) is 6.14. The van der Waals surface area contributed by atoms with Gasteiger partial charge in [0.2, 0.25) is 0 Å². The van der Waals surface area contributed by atoms with Crippen LogP contribution in [0.4, 0.5) is 5.69 Å². The number of hydrazone groups is 1. The minimum atomic E-state index is 0.412. The van der Waals surface area contributed by atoms with Crippen molar-refractivity contribution in [1.29, 1.82) is 0 Å². The van der Waals surface area contributed by atoms with Gasteiger partial charge in [-0.25, -0.2) is 0 Å². The monoisotopic (exact) mass is 444 g/mol. The van der Waals surface area contributed by atoms with Crippen LogP contribution < -0.4 is 14.9 Å². The molecule has 0 aliphatic heterocycles. The van der Waals surface area contributed by atoms with E-state index in [1.165, 1.54) is 0 Å². The standard InChI is InChI=1S/C21H18BrClN2O2/c1-26-20-12-16(13-24-25-18-5-3-2-4-6-18)11-19(22)21(20)27-14-15-7-9-17(23)10-8-15/h2-13,25H,14H2,1H3/b24-13+. The minimum absolute atomic E-state index is 0.412. The highest BCUT2D eigenvalue weighted by atomic mass is 79.9. The molecule has 0 unspecified atom stereocenters. The van der Waals surface area contributed by atoms with Gasteiger partial charge in [-0.2, -0.15) is 5.10 Å². The fourth-order valence-electron chi connectivity index (χ4n) is 2.38. The van der Waals surface area contributed by atoms with Crippen molar-refractivity contribution in [2.24, 2.45) is 5.10 Å². The van der Waals surface area contributed by atoms with Crippen molar-refractivity contribution in [1.82, 2.24) is 0 Å². The predicted molar refractivity (Wildman–Crippen MR) is 114 cm³/mol. The Kier molecular flexibility index (Phi) is 6.74. The van der Waals surface area contributed by atoms with Gasteiger partial charge in [0.1, 0.15) is 6.61 Å². The molecule has 0 aliphatic rings. The van der Waals surface area contributed by atoms with Crippen molar-refractivity contribution in [3.63, 3.8) is 0 Å². The third-order valence-electron chi connectivity index (χ3n) is 3.73. The molecule has 4 nitrogen and oxygen atoms in total. The number of nitrogens with one attached hydrogen (secondary N) is 1. The number of hydrogen-bond acceptors (Lipinski definition) is 4. The van der Waals surface area contributed by atoms with Crippen LogP contribution in [0.15, 0.2) is 76.3 Å². The summed E-state index contributed by atoms with van der Waals surface area (Å²) in [4.78, 5) is 0. The van der Waals surface area contributed by atoms with Crippen LogP contribution in [0, 0.1) is 0 Å². The van der Waals surface area contributed by atoms with Gasteiger partial charge in [0.25, 0.3) is 0 Å². The second kappa shape index (κ2) is 9.44. The first-order valence-electron chi connectivity index (χ1n) is 8.24. The van der Waals surface area contributed by atoms with E-state index in [0.717, 1.165) is 21.3 Å². The van der Waals surface area contributed by atoms with Gasteiger partial charge in [0.15, 0.2) is 11.5 Å². The van der Waals surface area contributed by atoms with Gasteiger partial charge in [-0.15, -0.1) is 0 Å². The number of anilines is 1. The van der Waals surface area contributed by atoms with Gasteiger partial charge in [-0.3, -0.25) is 5.43 Å². The normalized spacial score (nSPS) is 10.8. The summed E-state index contributed by atoms with van der Waals surface area (Å²) >= 11 is 9.47. The molecule has 0 aromatic heterocycles. The Morgan fingerprint density at radius 1 is 1.07 bits per heavy atom. The molecule has 138 valence electrons. The number of benzene rings is 3. The summed E-state index contributed by atoms with van der Waals surface area (Å²) in [6.45, 7) is 0.412. The molecule has 0 bridgehead atoms. The number of ether oxygens (including phenoxy) is 2. The van der Waals surface area contributed by atoms with Crippen molar-refractivity contribution in [2.75, 3.05) is 12.5 Å². The fourth-order valence-corrected chi connectivity index (χ4v) is 3.08. The Hall–Kier alpha value is -2.50. The number of rotatable bonds is 7. The Morgan fingerprint density at radius 3 is 2.52 bits per heavy atom. The lowest BCUT2D eigenvalue weighted by Crippen LogP contribution is -2.00. The quantitative estimate of drug-likeness (QED) is 0.351. The zero-order valence-corrected chi connectivity index (χ0v) is 17.0. The molecule has 27 heavy (non-hydrogen) atoms. The molecule has 3 aromatic rings. The average Bonchev–Trinajstić information content (AvgIpc) is 2.69. The molecule has 1 N–H and O–H groups in total. The van der Waals surface area contributed by atoms with E-state index in [2.05, 4.69) is 26.5 Å². The molecular formula is C21H18BrClN2O2. The molecule has 0 heterocycles. The van der Waals surface area contributed by atoms with Crippen molar-refractivity contribution in [3.8, 4) is 11.5 Å². The summed E-state index contributed by atoms with van der Waals surface area (Å²) in [7, 11) is 1.61. The highest BCUT2D eigenvalue weighted by molar-refractivity contribution is 9.10. The second-order valence-electron chi connectivity index (χ2n) is 5.69. The van der Waals surface area contributed by atoms with Gasteiger partial charge in [0, 0.05) is 5.02 Å². The summed E-state index contributed by atoms with van der Waals surface area (Å²) in [5.41, 5.74) is 5.80. The zero-order chi connectivity index (χ0) is 19.1. The Morgan fingerprint density at radius 2 is 1.81 bits per heavy atom. The van der Waals surface area contributed by atoms with Gasteiger partial charge >= 0.3 is 0 Å². The molecule has 3 rings (SSSR count). The van der Waals surface area contributed by atoms with E-state index in [0.29, 0.717) is 23.1 Å².